The van der Waals surface area contributed by atoms with Gasteiger partial charge in [0.15, 0.2) is 0 Å². The van der Waals surface area contributed by atoms with E-state index in [0.29, 0.717) is 15.7 Å². The molecule has 1 heterocycles. The monoisotopic (exact) mass is 331 g/mol. The molecule has 0 aromatic heterocycles. The van der Waals surface area contributed by atoms with Crippen LogP contribution in [0, 0.1) is 0 Å². The van der Waals surface area contributed by atoms with E-state index in [1.54, 1.807) is 18.2 Å². The van der Waals surface area contributed by atoms with Gasteiger partial charge in [-0.2, -0.15) is 0 Å². The Hall–Kier alpha value is -1.21. The third kappa shape index (κ3) is 2.32. The minimum Gasteiger partial charge on any atom is -0.304 e. The molecule has 1 amide bonds. The average Bonchev–Trinajstić information content (AvgIpc) is 2.50. The molecule has 0 saturated heterocycles. The molecule has 0 aliphatic carbocycles. The fourth-order valence-electron chi connectivity index (χ4n) is 1.78. The summed E-state index contributed by atoms with van der Waals surface area (Å²) in [5, 5.41) is 0. The fraction of sp³-hybridized carbons (Fsp3) is 0.273. The Bertz CT molecular complexity index is 638. The molecule has 1 aliphatic heterocycles. The predicted molar refractivity (Wildman–Crippen MR) is 70.5 cm³/mol. The summed E-state index contributed by atoms with van der Waals surface area (Å²) in [5.41, 5.74) is 0.763. The van der Waals surface area contributed by atoms with Crippen LogP contribution >= 0.6 is 15.9 Å². The molecule has 96 valence electrons. The first-order valence-corrected chi connectivity index (χ1v) is 7.99. The number of amides is 1. The second kappa shape index (κ2) is 4.47. The molecule has 1 aromatic carbocycles. The topological polar surface area (TPSA) is 71.5 Å². The van der Waals surface area contributed by atoms with E-state index in [1.165, 1.54) is 4.90 Å². The summed E-state index contributed by atoms with van der Waals surface area (Å²) in [5.74, 6) is -1.45. The molecule has 0 atom stereocenters. The van der Waals surface area contributed by atoms with Crippen molar-refractivity contribution in [2.24, 2.45) is 0 Å². The van der Waals surface area contributed by atoms with E-state index >= 15 is 0 Å². The Morgan fingerprint density at radius 2 is 1.94 bits per heavy atom. The van der Waals surface area contributed by atoms with Crippen molar-refractivity contribution in [2.45, 2.75) is 0 Å². The number of fused-ring (bicyclic) bond motifs is 1. The van der Waals surface area contributed by atoms with Gasteiger partial charge in [-0.25, -0.2) is 8.42 Å². The molecule has 0 fully saturated rings. The standard InChI is InChI=1S/C11H10BrNO4S/c1-18(16,17)6-5-13-8-4-2-3-7(12)9(8)10(14)11(13)15/h2-4H,5-6H2,1H3. The van der Waals surface area contributed by atoms with Crippen LogP contribution in [-0.4, -0.2) is 38.7 Å². The van der Waals surface area contributed by atoms with Crippen molar-refractivity contribution in [1.29, 1.82) is 0 Å². The van der Waals surface area contributed by atoms with Crippen LogP contribution in [0.3, 0.4) is 0 Å². The molecular formula is C11H10BrNO4S. The van der Waals surface area contributed by atoms with Gasteiger partial charge in [-0.3, -0.25) is 9.59 Å². The molecule has 0 bridgehead atoms. The number of benzene rings is 1. The zero-order valence-electron chi connectivity index (χ0n) is 9.51. The summed E-state index contributed by atoms with van der Waals surface area (Å²) in [4.78, 5) is 24.8. The van der Waals surface area contributed by atoms with E-state index in [0.717, 1.165) is 6.26 Å². The summed E-state index contributed by atoms with van der Waals surface area (Å²) in [6.45, 7) is -0.00708. The summed E-state index contributed by atoms with van der Waals surface area (Å²) in [7, 11) is -3.18. The second-order valence-corrected chi connectivity index (χ2v) is 7.16. The van der Waals surface area contributed by atoms with Crippen LogP contribution < -0.4 is 4.90 Å². The molecule has 0 spiro atoms. The van der Waals surface area contributed by atoms with Crippen LogP contribution in [0.25, 0.3) is 0 Å². The number of nitrogens with zero attached hydrogens (tertiary/aromatic N) is 1. The van der Waals surface area contributed by atoms with Gasteiger partial charge in [0.25, 0.3) is 11.7 Å². The van der Waals surface area contributed by atoms with E-state index in [1.807, 2.05) is 0 Å². The highest BCUT2D eigenvalue weighted by atomic mass is 79.9. The largest absolute Gasteiger partial charge is 0.304 e. The molecule has 7 heteroatoms. The third-order valence-electron chi connectivity index (χ3n) is 2.63. The summed E-state index contributed by atoms with van der Waals surface area (Å²) in [6.07, 6.45) is 1.09. The molecule has 0 N–H and O–H groups in total. The number of sulfone groups is 1. The second-order valence-electron chi connectivity index (χ2n) is 4.05. The Balaban J connectivity index is 2.38. The van der Waals surface area contributed by atoms with E-state index in [2.05, 4.69) is 15.9 Å². The summed E-state index contributed by atoms with van der Waals surface area (Å²) < 4.78 is 22.8. The first kappa shape index (κ1) is 13.2. The van der Waals surface area contributed by atoms with Crippen molar-refractivity contribution in [3.63, 3.8) is 0 Å². The maximum absolute atomic E-state index is 11.8. The Kier molecular flexibility index (Phi) is 3.29. The number of halogens is 1. The van der Waals surface area contributed by atoms with Gasteiger partial charge in [0, 0.05) is 17.3 Å². The highest BCUT2D eigenvalue weighted by Crippen LogP contribution is 2.33. The van der Waals surface area contributed by atoms with Gasteiger partial charge < -0.3 is 4.90 Å². The lowest BCUT2D eigenvalue weighted by molar-refractivity contribution is -0.114. The number of rotatable bonds is 3. The van der Waals surface area contributed by atoms with E-state index in [-0.39, 0.29) is 12.3 Å². The smallest absolute Gasteiger partial charge is 0.299 e. The molecule has 0 unspecified atom stereocenters. The number of carbonyl (C=O) groups excluding carboxylic acids is 2. The molecule has 18 heavy (non-hydrogen) atoms. The molecular weight excluding hydrogens is 322 g/mol. The average molecular weight is 332 g/mol. The number of Topliss-reactive ketones (excluding diaryl/α,β-unsaturated/α-hetero) is 1. The lowest BCUT2D eigenvalue weighted by Gasteiger charge is -2.15. The van der Waals surface area contributed by atoms with Crippen LogP contribution in [0.2, 0.25) is 0 Å². The predicted octanol–water partition coefficient (Wildman–Crippen LogP) is 1.02. The van der Waals surface area contributed by atoms with Crippen LogP contribution in [0.5, 0.6) is 0 Å². The minimum absolute atomic E-state index is 0.00708. The Morgan fingerprint density at radius 3 is 2.56 bits per heavy atom. The van der Waals surface area contributed by atoms with Gasteiger partial charge in [0.1, 0.15) is 9.84 Å². The molecule has 1 aromatic rings. The first-order valence-electron chi connectivity index (χ1n) is 5.13. The highest BCUT2D eigenvalue weighted by Gasteiger charge is 2.37. The lowest BCUT2D eigenvalue weighted by atomic mass is 10.1. The van der Waals surface area contributed by atoms with E-state index < -0.39 is 21.5 Å². The van der Waals surface area contributed by atoms with Gasteiger partial charge in [-0.15, -0.1) is 0 Å². The molecule has 1 aliphatic rings. The first-order chi connectivity index (χ1) is 8.31. The van der Waals surface area contributed by atoms with Gasteiger partial charge in [0.05, 0.1) is 17.0 Å². The molecule has 5 nitrogen and oxygen atoms in total. The van der Waals surface area contributed by atoms with Crippen LogP contribution in [0.4, 0.5) is 5.69 Å². The van der Waals surface area contributed by atoms with Crippen molar-refractivity contribution >= 4 is 43.1 Å². The third-order valence-corrected chi connectivity index (χ3v) is 4.22. The number of anilines is 1. The van der Waals surface area contributed by atoms with Crippen molar-refractivity contribution in [1.82, 2.24) is 0 Å². The molecule has 0 radical (unpaired) electrons. The molecule has 2 rings (SSSR count). The van der Waals surface area contributed by atoms with Crippen molar-refractivity contribution in [3.8, 4) is 0 Å². The quantitative estimate of drug-likeness (QED) is 0.775. The lowest BCUT2D eigenvalue weighted by Crippen LogP contribution is -2.33. The number of carbonyl (C=O) groups is 2. The number of hydrogen-bond acceptors (Lipinski definition) is 4. The molecule has 0 saturated carbocycles. The zero-order valence-corrected chi connectivity index (χ0v) is 11.9. The van der Waals surface area contributed by atoms with Gasteiger partial charge in [0.2, 0.25) is 0 Å². The maximum Gasteiger partial charge on any atom is 0.299 e. The summed E-state index contributed by atoms with van der Waals surface area (Å²) >= 11 is 3.22. The van der Waals surface area contributed by atoms with E-state index in [9.17, 15) is 18.0 Å². The summed E-state index contributed by atoms with van der Waals surface area (Å²) in [6, 6.07) is 5.00. The minimum atomic E-state index is -3.18. The van der Waals surface area contributed by atoms with Gasteiger partial charge in [-0.05, 0) is 28.1 Å². The van der Waals surface area contributed by atoms with E-state index in [4.69, 9.17) is 0 Å². The number of hydrogen-bond donors (Lipinski definition) is 0. The Morgan fingerprint density at radius 1 is 1.28 bits per heavy atom. The van der Waals surface area contributed by atoms with Crippen molar-refractivity contribution < 1.29 is 18.0 Å². The van der Waals surface area contributed by atoms with Crippen LogP contribution in [0.1, 0.15) is 10.4 Å². The normalized spacial score (nSPS) is 15.1. The number of ketones is 1. The van der Waals surface area contributed by atoms with Crippen LogP contribution in [0.15, 0.2) is 22.7 Å². The van der Waals surface area contributed by atoms with Crippen molar-refractivity contribution in [2.75, 3.05) is 23.5 Å². The van der Waals surface area contributed by atoms with Gasteiger partial charge >= 0.3 is 0 Å². The van der Waals surface area contributed by atoms with Crippen molar-refractivity contribution in [3.05, 3.63) is 28.2 Å². The fourth-order valence-corrected chi connectivity index (χ4v) is 2.83. The van der Waals surface area contributed by atoms with Gasteiger partial charge in [-0.1, -0.05) is 6.07 Å². The SMILES string of the molecule is CS(=O)(=O)CCN1C(=O)C(=O)c2c(Br)cccc21. The highest BCUT2D eigenvalue weighted by molar-refractivity contribution is 9.10. The van der Waals surface area contributed by atoms with Crippen LogP contribution in [-0.2, 0) is 14.6 Å². The Labute approximate surface area is 113 Å². The maximum atomic E-state index is 11.8. The zero-order chi connectivity index (χ0) is 13.5.